The highest BCUT2D eigenvalue weighted by Gasteiger charge is 2.31. The Hall–Kier alpha value is -1.42. The molecule has 1 atom stereocenters. The number of rotatable bonds is 2. The van der Waals surface area contributed by atoms with Crippen LogP contribution in [0.15, 0.2) is 40.3 Å². The lowest BCUT2D eigenvalue weighted by Crippen LogP contribution is -2.22. The molecule has 1 aliphatic carbocycles. The third-order valence-electron chi connectivity index (χ3n) is 3.30. The van der Waals surface area contributed by atoms with Gasteiger partial charge in [0.05, 0.1) is 5.04 Å². The zero-order valence-electron chi connectivity index (χ0n) is 10.0. The Kier molecular flexibility index (Phi) is 3.28. The van der Waals surface area contributed by atoms with E-state index in [1.807, 2.05) is 18.2 Å². The molecule has 1 unspecified atom stereocenters. The Morgan fingerprint density at radius 1 is 1.22 bits per heavy atom. The number of amides is 2. The minimum absolute atomic E-state index is 0.316. The smallest absolute Gasteiger partial charge is 0.244 e. The molecule has 0 spiro atoms. The molecule has 1 saturated carbocycles. The monoisotopic (exact) mass is 258 g/mol. The van der Waals surface area contributed by atoms with E-state index in [1.165, 1.54) is 5.56 Å². The van der Waals surface area contributed by atoms with Gasteiger partial charge in [0.2, 0.25) is 0 Å². The van der Waals surface area contributed by atoms with Crippen LogP contribution in [0.25, 0.3) is 0 Å². The lowest BCUT2D eigenvalue weighted by molar-refractivity contribution is 0.256. The van der Waals surface area contributed by atoms with E-state index in [0.29, 0.717) is 5.92 Å². The van der Waals surface area contributed by atoms with Gasteiger partial charge in [-0.15, -0.1) is 11.8 Å². The van der Waals surface area contributed by atoms with Crippen molar-refractivity contribution in [3.8, 4) is 0 Å². The Labute approximate surface area is 110 Å². The van der Waals surface area contributed by atoms with Gasteiger partial charge in [0.15, 0.2) is 0 Å². The van der Waals surface area contributed by atoms with E-state index in [0.717, 1.165) is 35.8 Å². The second-order valence-corrected chi connectivity index (χ2v) is 5.55. The normalized spacial score (nSPS) is 22.4. The fourth-order valence-corrected chi connectivity index (χ4v) is 3.52. The lowest BCUT2D eigenvalue weighted by Gasteiger charge is -2.16. The maximum atomic E-state index is 11.4. The van der Waals surface area contributed by atoms with Crippen molar-refractivity contribution in [2.75, 3.05) is 0 Å². The van der Waals surface area contributed by atoms with Gasteiger partial charge in [-0.25, -0.2) is 9.79 Å². The van der Waals surface area contributed by atoms with Gasteiger partial charge in [0.1, 0.15) is 0 Å². The van der Waals surface area contributed by atoms with Crippen molar-refractivity contribution < 1.29 is 4.79 Å². The van der Waals surface area contributed by atoms with Gasteiger partial charge in [0.25, 0.3) is 0 Å². The van der Waals surface area contributed by atoms with Gasteiger partial charge < -0.3 is 0 Å². The predicted molar refractivity (Wildman–Crippen MR) is 75.3 cm³/mol. The molecule has 2 amide bonds. The number of hydrogen-bond donors (Lipinski definition) is 0. The van der Waals surface area contributed by atoms with Gasteiger partial charge >= 0.3 is 6.03 Å². The van der Waals surface area contributed by atoms with Gasteiger partial charge in [-0.05, 0) is 24.8 Å². The molecular formula is C14H14N2OS. The highest BCUT2D eigenvalue weighted by atomic mass is 32.2. The zero-order chi connectivity index (χ0) is 12.4. The minimum atomic E-state index is -0.321. The summed E-state index contributed by atoms with van der Waals surface area (Å²) in [6.45, 7) is 0. The highest BCUT2D eigenvalue weighted by Crippen LogP contribution is 2.32. The van der Waals surface area contributed by atoms with Crippen LogP contribution in [0, 0.1) is 5.92 Å². The number of carbonyl (C=O) groups is 1. The first kappa shape index (κ1) is 11.7. The molecule has 1 aromatic carbocycles. The van der Waals surface area contributed by atoms with E-state index in [1.54, 1.807) is 11.8 Å². The molecule has 0 bridgehead atoms. The van der Waals surface area contributed by atoms with Gasteiger partial charge in [-0.2, -0.15) is 4.99 Å². The molecule has 1 heterocycles. The summed E-state index contributed by atoms with van der Waals surface area (Å²) in [6.07, 6.45) is 3.18. The van der Waals surface area contributed by atoms with Crippen LogP contribution in [0.2, 0.25) is 0 Å². The first-order valence-electron chi connectivity index (χ1n) is 6.19. The van der Waals surface area contributed by atoms with Crippen LogP contribution >= 0.6 is 11.8 Å². The number of carbonyl (C=O) groups excluding carboxylic acids is 1. The quantitative estimate of drug-likeness (QED) is 0.811. The average molecular weight is 258 g/mol. The predicted octanol–water partition coefficient (Wildman–Crippen LogP) is 3.69. The van der Waals surface area contributed by atoms with Crippen LogP contribution in [0.5, 0.6) is 0 Å². The summed E-state index contributed by atoms with van der Waals surface area (Å²) in [5, 5.41) is 0.964. The first-order valence-corrected chi connectivity index (χ1v) is 7.18. The number of hydrogen-bond acceptors (Lipinski definition) is 2. The number of thioether (sulfide) groups is 1. The number of aliphatic imine (C=N–C) groups is 2. The maximum Gasteiger partial charge on any atom is 0.367 e. The van der Waals surface area contributed by atoms with Gasteiger partial charge in [0, 0.05) is 17.4 Å². The molecule has 4 heteroatoms. The van der Waals surface area contributed by atoms with E-state index >= 15 is 0 Å². The minimum Gasteiger partial charge on any atom is -0.244 e. The average Bonchev–Trinajstić information content (AvgIpc) is 2.85. The van der Waals surface area contributed by atoms with Crippen molar-refractivity contribution >= 4 is 28.5 Å². The molecule has 1 aromatic rings. The summed E-state index contributed by atoms with van der Waals surface area (Å²) in [5.41, 5.74) is 2.31. The Balaban J connectivity index is 1.71. The van der Waals surface area contributed by atoms with Gasteiger partial charge in [-0.1, -0.05) is 30.3 Å². The van der Waals surface area contributed by atoms with Crippen LogP contribution in [-0.2, 0) is 5.75 Å². The molecule has 0 saturated heterocycles. The molecule has 92 valence electrons. The van der Waals surface area contributed by atoms with Crippen molar-refractivity contribution in [2.24, 2.45) is 15.9 Å². The summed E-state index contributed by atoms with van der Waals surface area (Å²) in [5.74, 6) is 1.19. The van der Waals surface area contributed by atoms with Crippen molar-refractivity contribution in [2.45, 2.75) is 25.0 Å². The zero-order valence-corrected chi connectivity index (χ0v) is 10.8. The van der Waals surface area contributed by atoms with Crippen LogP contribution in [0.4, 0.5) is 4.79 Å². The van der Waals surface area contributed by atoms with Crippen molar-refractivity contribution in [3.63, 3.8) is 0 Å². The van der Waals surface area contributed by atoms with Gasteiger partial charge in [-0.3, -0.25) is 0 Å². The third kappa shape index (κ3) is 2.38. The second-order valence-electron chi connectivity index (χ2n) is 4.55. The molecule has 18 heavy (non-hydrogen) atoms. The van der Waals surface area contributed by atoms with Crippen molar-refractivity contribution in [1.82, 2.24) is 0 Å². The van der Waals surface area contributed by atoms with Crippen molar-refractivity contribution in [3.05, 3.63) is 35.9 Å². The van der Waals surface area contributed by atoms with Crippen LogP contribution < -0.4 is 0 Å². The summed E-state index contributed by atoms with van der Waals surface area (Å²) < 4.78 is 0. The van der Waals surface area contributed by atoms with E-state index in [-0.39, 0.29) is 6.03 Å². The van der Waals surface area contributed by atoms with E-state index in [2.05, 4.69) is 22.1 Å². The molecule has 1 fully saturated rings. The second kappa shape index (κ2) is 5.06. The standard InChI is InChI=1S/C14H14N2OS/c17-14-15-12-8-4-7-11(12)13(16-14)18-9-10-5-2-1-3-6-10/h1-3,5-6,11H,4,7-9H2. The Morgan fingerprint density at radius 3 is 2.89 bits per heavy atom. The number of urea groups is 1. The Morgan fingerprint density at radius 2 is 2.06 bits per heavy atom. The summed E-state index contributed by atoms with van der Waals surface area (Å²) in [4.78, 5) is 19.6. The van der Waals surface area contributed by atoms with Crippen LogP contribution in [0.3, 0.4) is 0 Å². The topological polar surface area (TPSA) is 41.8 Å². The van der Waals surface area contributed by atoms with E-state index in [4.69, 9.17) is 0 Å². The summed E-state index contributed by atoms with van der Waals surface area (Å²) >= 11 is 1.68. The molecule has 1 aliphatic heterocycles. The molecular weight excluding hydrogens is 244 g/mol. The first-order chi connectivity index (χ1) is 8.83. The lowest BCUT2D eigenvalue weighted by atomic mass is 10.1. The molecule has 0 radical (unpaired) electrons. The highest BCUT2D eigenvalue weighted by molar-refractivity contribution is 8.13. The maximum absolute atomic E-state index is 11.4. The molecule has 0 N–H and O–H groups in total. The fourth-order valence-electron chi connectivity index (χ4n) is 2.41. The molecule has 3 rings (SSSR count). The molecule has 3 nitrogen and oxygen atoms in total. The fraction of sp³-hybridized carbons (Fsp3) is 0.357. The number of benzene rings is 1. The number of nitrogens with zero attached hydrogens (tertiary/aromatic N) is 2. The van der Waals surface area contributed by atoms with Crippen LogP contribution in [0.1, 0.15) is 24.8 Å². The molecule has 0 aromatic heterocycles. The summed E-state index contributed by atoms with van der Waals surface area (Å²) in [6, 6.07) is 9.96. The van der Waals surface area contributed by atoms with E-state index < -0.39 is 0 Å². The Bertz CT molecular complexity index is 522. The third-order valence-corrected chi connectivity index (χ3v) is 4.45. The summed E-state index contributed by atoms with van der Waals surface area (Å²) in [7, 11) is 0. The molecule has 2 aliphatic rings. The largest absolute Gasteiger partial charge is 0.367 e. The SMILES string of the molecule is O=C1N=C2CCCC2C(SCc2ccccc2)=N1. The van der Waals surface area contributed by atoms with Crippen molar-refractivity contribution in [1.29, 1.82) is 0 Å². The van der Waals surface area contributed by atoms with Crippen LogP contribution in [-0.4, -0.2) is 16.8 Å². The number of fused-ring (bicyclic) bond motifs is 1. The van der Waals surface area contributed by atoms with E-state index in [9.17, 15) is 4.79 Å².